The number of rotatable bonds is 5. The SMILES string of the molecule is CN(C)S(=O)(=O)c1cc(C(=O)OCc2cccs2)ccc1Br. The molecule has 0 aliphatic rings. The minimum Gasteiger partial charge on any atom is -0.456 e. The monoisotopic (exact) mass is 403 g/mol. The number of thiophene rings is 1. The molecule has 0 aliphatic carbocycles. The predicted octanol–water partition coefficient (Wildman–Crippen LogP) is 3.12. The van der Waals surface area contributed by atoms with Gasteiger partial charge in [-0.25, -0.2) is 17.5 Å². The second-order valence-corrected chi connectivity index (χ2v) is 8.59. The van der Waals surface area contributed by atoms with E-state index < -0.39 is 16.0 Å². The van der Waals surface area contributed by atoms with E-state index >= 15 is 0 Å². The average molecular weight is 404 g/mol. The molecule has 2 rings (SSSR count). The Kier molecular flexibility index (Phi) is 5.38. The zero-order valence-corrected chi connectivity index (χ0v) is 15.2. The minimum absolute atomic E-state index is 0.0306. The Morgan fingerprint density at radius 1 is 1.32 bits per heavy atom. The van der Waals surface area contributed by atoms with Gasteiger partial charge in [0.05, 0.1) is 10.5 Å². The Morgan fingerprint density at radius 2 is 2.05 bits per heavy atom. The highest BCUT2D eigenvalue weighted by Gasteiger charge is 2.22. The summed E-state index contributed by atoms with van der Waals surface area (Å²) in [6.45, 7) is 0.169. The molecular formula is C14H14BrNO4S2. The van der Waals surface area contributed by atoms with E-state index in [-0.39, 0.29) is 17.1 Å². The predicted molar refractivity (Wildman–Crippen MR) is 88.5 cm³/mol. The van der Waals surface area contributed by atoms with Crippen LogP contribution in [0.4, 0.5) is 0 Å². The molecule has 0 amide bonds. The summed E-state index contributed by atoms with van der Waals surface area (Å²) in [6, 6.07) is 8.10. The Hall–Kier alpha value is -1.22. The van der Waals surface area contributed by atoms with Gasteiger partial charge in [0.1, 0.15) is 6.61 Å². The van der Waals surface area contributed by atoms with Crippen LogP contribution in [0.5, 0.6) is 0 Å². The average Bonchev–Trinajstić information content (AvgIpc) is 2.98. The van der Waals surface area contributed by atoms with E-state index in [1.807, 2.05) is 17.5 Å². The van der Waals surface area contributed by atoms with Crippen molar-refractivity contribution in [1.82, 2.24) is 4.31 Å². The molecule has 0 atom stereocenters. The number of carbonyl (C=O) groups excluding carboxylic acids is 1. The second-order valence-electron chi connectivity index (χ2n) is 4.59. The smallest absolute Gasteiger partial charge is 0.338 e. The quantitative estimate of drug-likeness (QED) is 0.719. The fourth-order valence-corrected chi connectivity index (χ4v) is 4.10. The maximum Gasteiger partial charge on any atom is 0.338 e. The summed E-state index contributed by atoms with van der Waals surface area (Å²) in [4.78, 5) is 13.0. The van der Waals surface area contributed by atoms with Gasteiger partial charge in [-0.15, -0.1) is 11.3 Å². The number of hydrogen-bond donors (Lipinski definition) is 0. The molecule has 0 unspecified atom stereocenters. The van der Waals surface area contributed by atoms with E-state index in [1.165, 1.54) is 43.6 Å². The van der Waals surface area contributed by atoms with E-state index in [0.29, 0.717) is 4.47 Å². The van der Waals surface area contributed by atoms with Crippen molar-refractivity contribution in [2.24, 2.45) is 0 Å². The molecule has 0 saturated carbocycles. The van der Waals surface area contributed by atoms with Gasteiger partial charge in [-0.1, -0.05) is 6.07 Å². The molecular weight excluding hydrogens is 390 g/mol. The van der Waals surface area contributed by atoms with Crippen LogP contribution in [0.2, 0.25) is 0 Å². The normalized spacial score (nSPS) is 11.6. The highest BCUT2D eigenvalue weighted by atomic mass is 79.9. The van der Waals surface area contributed by atoms with Crippen LogP contribution in [-0.4, -0.2) is 32.8 Å². The van der Waals surface area contributed by atoms with Crippen LogP contribution in [0.25, 0.3) is 0 Å². The number of hydrogen-bond acceptors (Lipinski definition) is 5. The summed E-state index contributed by atoms with van der Waals surface area (Å²) in [6.07, 6.45) is 0. The lowest BCUT2D eigenvalue weighted by molar-refractivity contribution is 0.0476. The van der Waals surface area contributed by atoms with Crippen molar-refractivity contribution in [3.05, 3.63) is 50.6 Å². The van der Waals surface area contributed by atoms with Crippen molar-refractivity contribution in [2.75, 3.05) is 14.1 Å². The van der Waals surface area contributed by atoms with Crippen molar-refractivity contribution < 1.29 is 17.9 Å². The summed E-state index contributed by atoms with van der Waals surface area (Å²) >= 11 is 4.68. The Balaban J connectivity index is 2.24. The van der Waals surface area contributed by atoms with Gasteiger partial charge in [-0.2, -0.15) is 0 Å². The summed E-state index contributed by atoms with van der Waals surface area (Å²) in [7, 11) is -0.773. The van der Waals surface area contributed by atoms with Gasteiger partial charge < -0.3 is 4.74 Å². The zero-order chi connectivity index (χ0) is 16.3. The summed E-state index contributed by atoms with van der Waals surface area (Å²) in [5.74, 6) is -0.559. The Morgan fingerprint density at radius 3 is 2.64 bits per heavy atom. The lowest BCUT2D eigenvalue weighted by Crippen LogP contribution is -2.23. The minimum atomic E-state index is -3.64. The number of sulfonamides is 1. The maximum atomic E-state index is 12.2. The first-order valence-electron chi connectivity index (χ1n) is 6.24. The molecule has 22 heavy (non-hydrogen) atoms. The van der Waals surface area contributed by atoms with Gasteiger partial charge >= 0.3 is 5.97 Å². The molecule has 118 valence electrons. The fraction of sp³-hybridized carbons (Fsp3) is 0.214. The lowest BCUT2D eigenvalue weighted by Gasteiger charge is -2.13. The third-order valence-corrected chi connectivity index (χ3v) is 6.51. The van der Waals surface area contributed by atoms with Crippen LogP contribution in [0.1, 0.15) is 15.2 Å². The first kappa shape index (κ1) is 17.1. The van der Waals surface area contributed by atoms with Gasteiger partial charge in [0.2, 0.25) is 10.0 Å². The lowest BCUT2D eigenvalue weighted by atomic mass is 10.2. The molecule has 2 aromatic rings. The summed E-state index contributed by atoms with van der Waals surface area (Å²) in [5.41, 5.74) is 0.195. The molecule has 1 aromatic heterocycles. The topological polar surface area (TPSA) is 63.7 Å². The van der Waals surface area contributed by atoms with Gasteiger partial charge in [0, 0.05) is 23.4 Å². The largest absolute Gasteiger partial charge is 0.456 e. The molecule has 0 N–H and O–H groups in total. The highest BCUT2D eigenvalue weighted by Crippen LogP contribution is 2.25. The third-order valence-electron chi connectivity index (χ3n) is 2.85. The van der Waals surface area contributed by atoms with Crippen molar-refractivity contribution >= 4 is 43.3 Å². The van der Waals surface area contributed by atoms with Gasteiger partial charge in [-0.05, 0) is 45.6 Å². The second kappa shape index (κ2) is 6.91. The Labute approximate surface area is 141 Å². The molecule has 8 heteroatoms. The number of esters is 1. The highest BCUT2D eigenvalue weighted by molar-refractivity contribution is 9.10. The summed E-state index contributed by atoms with van der Waals surface area (Å²) in [5, 5.41) is 1.89. The molecule has 0 radical (unpaired) electrons. The van der Waals surface area contributed by atoms with E-state index in [0.717, 1.165) is 9.18 Å². The van der Waals surface area contributed by atoms with Crippen LogP contribution in [-0.2, 0) is 21.4 Å². The third kappa shape index (κ3) is 3.75. The molecule has 1 heterocycles. The first-order valence-corrected chi connectivity index (χ1v) is 9.35. The van der Waals surface area contributed by atoms with Crippen LogP contribution in [0.3, 0.4) is 0 Å². The van der Waals surface area contributed by atoms with Gasteiger partial charge in [0.25, 0.3) is 0 Å². The molecule has 0 fully saturated rings. The number of ether oxygens (including phenoxy) is 1. The standard InChI is InChI=1S/C14H14BrNO4S2/c1-16(2)22(18,19)13-8-10(5-6-12(13)15)14(17)20-9-11-4-3-7-21-11/h3-8H,9H2,1-2H3. The van der Waals surface area contributed by atoms with Crippen LogP contribution >= 0.6 is 27.3 Å². The first-order chi connectivity index (χ1) is 10.3. The number of halogens is 1. The maximum absolute atomic E-state index is 12.2. The number of nitrogens with zero attached hydrogens (tertiary/aromatic N) is 1. The molecule has 5 nitrogen and oxygen atoms in total. The summed E-state index contributed by atoms with van der Waals surface area (Å²) < 4.78 is 31.1. The van der Waals surface area contributed by atoms with E-state index in [2.05, 4.69) is 15.9 Å². The van der Waals surface area contributed by atoms with E-state index in [9.17, 15) is 13.2 Å². The molecule has 0 saturated heterocycles. The van der Waals surface area contributed by atoms with Crippen molar-refractivity contribution in [2.45, 2.75) is 11.5 Å². The van der Waals surface area contributed by atoms with E-state index in [4.69, 9.17) is 4.74 Å². The van der Waals surface area contributed by atoms with Crippen LogP contribution in [0.15, 0.2) is 45.1 Å². The molecule has 1 aromatic carbocycles. The van der Waals surface area contributed by atoms with Crippen LogP contribution in [0, 0.1) is 0 Å². The zero-order valence-electron chi connectivity index (χ0n) is 11.9. The number of carbonyl (C=O) groups is 1. The van der Waals surface area contributed by atoms with Crippen molar-refractivity contribution in [1.29, 1.82) is 0 Å². The van der Waals surface area contributed by atoms with Crippen LogP contribution < -0.4 is 0 Å². The molecule has 0 aliphatic heterocycles. The Bertz CT molecular complexity index is 770. The van der Waals surface area contributed by atoms with Crippen molar-refractivity contribution in [3.63, 3.8) is 0 Å². The molecule has 0 spiro atoms. The molecule has 0 bridgehead atoms. The van der Waals surface area contributed by atoms with Gasteiger partial charge in [-0.3, -0.25) is 0 Å². The fourth-order valence-electron chi connectivity index (χ4n) is 1.64. The van der Waals surface area contributed by atoms with Crippen molar-refractivity contribution in [3.8, 4) is 0 Å². The van der Waals surface area contributed by atoms with E-state index in [1.54, 1.807) is 0 Å². The van der Waals surface area contributed by atoms with Gasteiger partial charge in [0.15, 0.2) is 0 Å². The number of benzene rings is 1.